The van der Waals surface area contributed by atoms with Crippen molar-refractivity contribution in [1.29, 1.82) is 0 Å². The molecule has 0 aromatic carbocycles. The first kappa shape index (κ1) is 14.6. The molecule has 1 saturated carbocycles. The number of imidazole rings is 1. The number of aryl methyl sites for hydroxylation is 1. The van der Waals surface area contributed by atoms with Crippen LogP contribution in [0, 0.1) is 17.8 Å². The van der Waals surface area contributed by atoms with Crippen molar-refractivity contribution in [3.8, 4) is 0 Å². The SMILES string of the molecule is CCCNC(c1nccn1C)C1CCC(C)C(C)C1. The topological polar surface area (TPSA) is 29.9 Å². The molecule has 0 bridgehead atoms. The number of hydrogen-bond donors (Lipinski definition) is 1. The quantitative estimate of drug-likeness (QED) is 0.880. The van der Waals surface area contributed by atoms with Crippen LogP contribution in [-0.4, -0.2) is 16.1 Å². The maximum Gasteiger partial charge on any atom is 0.125 e. The molecule has 1 aliphatic rings. The van der Waals surface area contributed by atoms with E-state index in [0.29, 0.717) is 6.04 Å². The van der Waals surface area contributed by atoms with E-state index in [0.717, 1.165) is 24.3 Å². The number of nitrogens with zero attached hydrogens (tertiary/aromatic N) is 2. The average molecular weight is 263 g/mol. The van der Waals surface area contributed by atoms with E-state index in [4.69, 9.17) is 0 Å². The summed E-state index contributed by atoms with van der Waals surface area (Å²) >= 11 is 0. The van der Waals surface area contributed by atoms with E-state index in [9.17, 15) is 0 Å². The van der Waals surface area contributed by atoms with Crippen LogP contribution in [0.3, 0.4) is 0 Å². The van der Waals surface area contributed by atoms with Crippen molar-refractivity contribution in [1.82, 2.24) is 14.9 Å². The van der Waals surface area contributed by atoms with Crippen LogP contribution in [-0.2, 0) is 7.05 Å². The first-order valence-electron chi connectivity index (χ1n) is 7.84. The number of rotatable bonds is 5. The van der Waals surface area contributed by atoms with Gasteiger partial charge in [-0.2, -0.15) is 0 Å². The number of nitrogens with one attached hydrogen (secondary N) is 1. The largest absolute Gasteiger partial charge is 0.337 e. The summed E-state index contributed by atoms with van der Waals surface area (Å²) < 4.78 is 2.18. The molecule has 0 saturated heterocycles. The molecule has 1 aromatic rings. The minimum absolute atomic E-state index is 0.426. The Kier molecular flexibility index (Phi) is 5.03. The zero-order chi connectivity index (χ0) is 13.8. The lowest BCUT2D eigenvalue weighted by Gasteiger charge is -2.36. The molecular formula is C16H29N3. The van der Waals surface area contributed by atoms with Crippen LogP contribution in [0.1, 0.15) is 58.3 Å². The molecule has 1 heterocycles. The summed E-state index contributed by atoms with van der Waals surface area (Å²) in [4.78, 5) is 4.59. The second-order valence-electron chi connectivity index (χ2n) is 6.36. The summed E-state index contributed by atoms with van der Waals surface area (Å²) in [5.41, 5.74) is 0. The summed E-state index contributed by atoms with van der Waals surface area (Å²) in [6.45, 7) is 8.12. The van der Waals surface area contributed by atoms with Gasteiger partial charge in [0.1, 0.15) is 5.82 Å². The van der Waals surface area contributed by atoms with E-state index in [1.165, 1.54) is 31.5 Å². The molecule has 0 aliphatic heterocycles. The van der Waals surface area contributed by atoms with Crippen molar-refractivity contribution in [2.24, 2.45) is 24.8 Å². The van der Waals surface area contributed by atoms with E-state index in [-0.39, 0.29) is 0 Å². The van der Waals surface area contributed by atoms with Crippen LogP contribution >= 0.6 is 0 Å². The third-order valence-corrected chi connectivity index (χ3v) is 4.86. The zero-order valence-electron chi connectivity index (χ0n) is 12.9. The van der Waals surface area contributed by atoms with E-state index in [1.807, 2.05) is 6.20 Å². The van der Waals surface area contributed by atoms with Crippen LogP contribution in [0.15, 0.2) is 12.4 Å². The Bertz CT molecular complexity index is 385. The molecular weight excluding hydrogens is 234 g/mol. The minimum Gasteiger partial charge on any atom is -0.337 e. The Morgan fingerprint density at radius 2 is 2.16 bits per heavy atom. The molecule has 0 amide bonds. The highest BCUT2D eigenvalue weighted by molar-refractivity contribution is 5.02. The normalized spacial score (nSPS) is 29.4. The maximum atomic E-state index is 4.59. The third kappa shape index (κ3) is 3.38. The molecule has 1 N–H and O–H groups in total. The van der Waals surface area contributed by atoms with Crippen molar-refractivity contribution >= 4 is 0 Å². The molecule has 108 valence electrons. The molecule has 19 heavy (non-hydrogen) atoms. The third-order valence-electron chi connectivity index (χ3n) is 4.86. The Labute approximate surface area is 117 Å². The summed E-state index contributed by atoms with van der Waals surface area (Å²) in [7, 11) is 2.11. The van der Waals surface area contributed by atoms with Gasteiger partial charge in [-0.15, -0.1) is 0 Å². The van der Waals surface area contributed by atoms with Crippen molar-refractivity contribution in [3.63, 3.8) is 0 Å². The highest BCUT2D eigenvalue weighted by atomic mass is 15.1. The van der Waals surface area contributed by atoms with E-state index < -0.39 is 0 Å². The summed E-state index contributed by atoms with van der Waals surface area (Å²) in [6, 6.07) is 0.426. The first-order valence-corrected chi connectivity index (χ1v) is 7.84. The molecule has 4 atom stereocenters. The standard InChI is InChI=1S/C16H29N3/c1-5-8-17-15(16-18-9-10-19(16)4)14-7-6-12(2)13(3)11-14/h9-10,12-15,17H,5-8,11H2,1-4H3. The molecule has 4 unspecified atom stereocenters. The second-order valence-corrected chi connectivity index (χ2v) is 6.36. The van der Waals surface area contributed by atoms with Crippen LogP contribution in [0.5, 0.6) is 0 Å². The average Bonchev–Trinajstić information content (AvgIpc) is 2.80. The lowest BCUT2D eigenvalue weighted by molar-refractivity contribution is 0.166. The predicted octanol–water partition coefficient (Wildman–Crippen LogP) is 3.53. The Balaban J connectivity index is 2.11. The lowest BCUT2D eigenvalue weighted by Crippen LogP contribution is -2.35. The van der Waals surface area contributed by atoms with Gasteiger partial charge in [0, 0.05) is 19.4 Å². The molecule has 2 rings (SSSR count). The van der Waals surface area contributed by atoms with Crippen molar-refractivity contribution < 1.29 is 0 Å². The summed E-state index contributed by atoms with van der Waals surface area (Å²) in [6.07, 6.45) is 9.19. The van der Waals surface area contributed by atoms with Gasteiger partial charge in [-0.1, -0.05) is 27.2 Å². The van der Waals surface area contributed by atoms with Crippen molar-refractivity contribution in [2.75, 3.05) is 6.54 Å². The van der Waals surface area contributed by atoms with E-state index in [2.05, 4.69) is 48.9 Å². The molecule has 1 fully saturated rings. The van der Waals surface area contributed by atoms with E-state index in [1.54, 1.807) is 0 Å². The predicted molar refractivity (Wildman–Crippen MR) is 79.9 cm³/mol. The van der Waals surface area contributed by atoms with Crippen LogP contribution < -0.4 is 5.32 Å². The molecule has 0 radical (unpaired) electrons. The Morgan fingerprint density at radius 3 is 2.74 bits per heavy atom. The van der Waals surface area contributed by atoms with Gasteiger partial charge in [0.15, 0.2) is 0 Å². The van der Waals surface area contributed by atoms with Gasteiger partial charge in [-0.25, -0.2) is 4.98 Å². The summed E-state index contributed by atoms with van der Waals surface area (Å²) in [5, 5.41) is 3.73. The van der Waals surface area contributed by atoms with Gasteiger partial charge in [-0.3, -0.25) is 0 Å². The van der Waals surface area contributed by atoms with Gasteiger partial charge in [0.2, 0.25) is 0 Å². The molecule has 3 heteroatoms. The van der Waals surface area contributed by atoms with Crippen LogP contribution in [0.2, 0.25) is 0 Å². The van der Waals surface area contributed by atoms with E-state index >= 15 is 0 Å². The van der Waals surface area contributed by atoms with Gasteiger partial charge in [0.05, 0.1) is 6.04 Å². The highest BCUT2D eigenvalue weighted by Crippen LogP contribution is 2.39. The van der Waals surface area contributed by atoms with Crippen LogP contribution in [0.25, 0.3) is 0 Å². The van der Waals surface area contributed by atoms with Gasteiger partial charge < -0.3 is 9.88 Å². The smallest absolute Gasteiger partial charge is 0.125 e. The summed E-state index contributed by atoms with van der Waals surface area (Å²) in [5.74, 6) is 3.66. The highest BCUT2D eigenvalue weighted by Gasteiger charge is 2.32. The minimum atomic E-state index is 0.426. The fraction of sp³-hybridized carbons (Fsp3) is 0.812. The molecule has 1 aliphatic carbocycles. The zero-order valence-corrected chi connectivity index (χ0v) is 12.9. The Morgan fingerprint density at radius 1 is 1.37 bits per heavy atom. The van der Waals surface area contributed by atoms with Gasteiger partial charge >= 0.3 is 0 Å². The van der Waals surface area contributed by atoms with Crippen molar-refractivity contribution in [3.05, 3.63) is 18.2 Å². The fourth-order valence-electron chi connectivity index (χ4n) is 3.34. The molecule has 1 aromatic heterocycles. The number of aromatic nitrogens is 2. The monoisotopic (exact) mass is 263 g/mol. The molecule has 3 nitrogen and oxygen atoms in total. The number of hydrogen-bond acceptors (Lipinski definition) is 2. The van der Waals surface area contributed by atoms with Gasteiger partial charge in [-0.05, 0) is 43.6 Å². The maximum absolute atomic E-state index is 4.59. The Hall–Kier alpha value is -0.830. The van der Waals surface area contributed by atoms with Gasteiger partial charge in [0.25, 0.3) is 0 Å². The first-order chi connectivity index (χ1) is 9.13. The lowest BCUT2D eigenvalue weighted by atomic mass is 9.73. The van der Waals surface area contributed by atoms with Crippen LogP contribution in [0.4, 0.5) is 0 Å². The fourth-order valence-corrected chi connectivity index (χ4v) is 3.34. The van der Waals surface area contributed by atoms with Crippen molar-refractivity contribution in [2.45, 2.75) is 52.5 Å². The second kappa shape index (κ2) is 6.56. The molecule has 0 spiro atoms.